The van der Waals surface area contributed by atoms with Gasteiger partial charge in [-0.3, -0.25) is 9.36 Å². The van der Waals surface area contributed by atoms with Crippen LogP contribution in [0.3, 0.4) is 0 Å². The highest BCUT2D eigenvalue weighted by molar-refractivity contribution is 7.99. The van der Waals surface area contributed by atoms with Gasteiger partial charge in [-0.15, -0.1) is 16.8 Å². The zero-order valence-corrected chi connectivity index (χ0v) is 19.4. The van der Waals surface area contributed by atoms with Gasteiger partial charge in [0, 0.05) is 6.54 Å². The summed E-state index contributed by atoms with van der Waals surface area (Å²) >= 11 is 1.31. The number of carbonyl (C=O) groups is 1. The molecule has 0 saturated heterocycles. The number of hydrogen-bond acceptors (Lipinski definition) is 6. The fourth-order valence-electron chi connectivity index (χ4n) is 3.04. The Morgan fingerprint density at radius 3 is 2.69 bits per heavy atom. The molecule has 3 rings (SSSR count). The number of nitrogens with zero attached hydrogens (tertiary/aromatic N) is 3. The first kappa shape index (κ1) is 23.4. The standard InChI is InChI=1S/C24H28N4O3S/c1-5-14-28-22(15-31-20-13-9-10-17(3)18(20)4)26-27-24(28)32-16-23(29)25-19-11-7-8-12-21(19)30-6-2/h5,7-13H,1,6,14-16H2,2-4H3,(H,25,29). The van der Waals surface area contributed by atoms with Crippen molar-refractivity contribution in [1.82, 2.24) is 14.8 Å². The van der Waals surface area contributed by atoms with E-state index < -0.39 is 0 Å². The second-order valence-corrected chi connectivity index (χ2v) is 7.99. The first-order valence-corrected chi connectivity index (χ1v) is 11.4. The molecule has 0 radical (unpaired) electrons. The Hall–Kier alpha value is -3.26. The number of allylic oxidation sites excluding steroid dienone is 1. The van der Waals surface area contributed by atoms with E-state index in [1.165, 1.54) is 17.3 Å². The van der Waals surface area contributed by atoms with Crippen molar-refractivity contribution in [2.45, 2.75) is 39.1 Å². The van der Waals surface area contributed by atoms with E-state index in [1.54, 1.807) is 6.08 Å². The van der Waals surface area contributed by atoms with Crippen LogP contribution in [0.5, 0.6) is 11.5 Å². The summed E-state index contributed by atoms with van der Waals surface area (Å²) in [5.41, 5.74) is 2.92. The number of aryl methyl sites for hydroxylation is 1. The first-order valence-electron chi connectivity index (χ1n) is 10.4. The lowest BCUT2D eigenvalue weighted by Crippen LogP contribution is -2.15. The minimum absolute atomic E-state index is 0.150. The molecule has 1 aromatic heterocycles. The summed E-state index contributed by atoms with van der Waals surface area (Å²) in [5.74, 6) is 2.18. The van der Waals surface area contributed by atoms with Crippen molar-refractivity contribution in [3.8, 4) is 11.5 Å². The monoisotopic (exact) mass is 452 g/mol. The summed E-state index contributed by atoms with van der Waals surface area (Å²) in [4.78, 5) is 12.5. The van der Waals surface area contributed by atoms with Crippen LogP contribution in [0.15, 0.2) is 60.3 Å². The van der Waals surface area contributed by atoms with Crippen LogP contribution in [0.1, 0.15) is 23.9 Å². The Bertz CT molecular complexity index is 1080. The molecule has 0 aliphatic heterocycles. The molecular formula is C24H28N4O3S. The fourth-order valence-corrected chi connectivity index (χ4v) is 3.80. The third kappa shape index (κ3) is 5.91. The number of para-hydroxylation sites is 2. The Morgan fingerprint density at radius 2 is 1.91 bits per heavy atom. The molecule has 0 unspecified atom stereocenters. The highest BCUT2D eigenvalue weighted by atomic mass is 32.2. The average Bonchev–Trinajstić information content (AvgIpc) is 3.17. The van der Waals surface area contributed by atoms with Crippen LogP contribution >= 0.6 is 11.8 Å². The summed E-state index contributed by atoms with van der Waals surface area (Å²) in [6.45, 7) is 11.1. The Kier molecular flexibility index (Phi) is 8.33. The van der Waals surface area contributed by atoms with Crippen LogP contribution in [0.2, 0.25) is 0 Å². The zero-order chi connectivity index (χ0) is 22.9. The van der Waals surface area contributed by atoms with Crippen LogP contribution in [-0.2, 0) is 17.9 Å². The number of hydrogen-bond donors (Lipinski definition) is 1. The molecule has 0 aliphatic carbocycles. The number of thioether (sulfide) groups is 1. The average molecular weight is 453 g/mol. The largest absolute Gasteiger partial charge is 0.492 e. The predicted octanol–water partition coefficient (Wildman–Crippen LogP) is 4.79. The van der Waals surface area contributed by atoms with Gasteiger partial charge in [0.25, 0.3) is 0 Å². The summed E-state index contributed by atoms with van der Waals surface area (Å²) in [6.07, 6.45) is 1.77. The minimum Gasteiger partial charge on any atom is -0.492 e. The number of rotatable bonds is 11. The van der Waals surface area contributed by atoms with Gasteiger partial charge in [-0.25, -0.2) is 0 Å². The number of carbonyl (C=O) groups excluding carboxylic acids is 1. The molecule has 32 heavy (non-hydrogen) atoms. The molecule has 2 aromatic carbocycles. The van der Waals surface area contributed by atoms with Crippen molar-refractivity contribution in [1.29, 1.82) is 0 Å². The maximum absolute atomic E-state index is 12.5. The maximum atomic E-state index is 12.5. The summed E-state index contributed by atoms with van der Waals surface area (Å²) in [6, 6.07) is 13.3. The number of ether oxygens (including phenoxy) is 2. The number of benzene rings is 2. The van der Waals surface area contributed by atoms with Crippen molar-refractivity contribution in [2.24, 2.45) is 0 Å². The molecule has 8 heteroatoms. The predicted molar refractivity (Wildman–Crippen MR) is 127 cm³/mol. The second kappa shape index (κ2) is 11.4. The van der Waals surface area contributed by atoms with Gasteiger partial charge in [0.1, 0.15) is 18.1 Å². The van der Waals surface area contributed by atoms with Gasteiger partial charge < -0.3 is 14.8 Å². The van der Waals surface area contributed by atoms with Gasteiger partial charge in [0.05, 0.1) is 18.0 Å². The highest BCUT2D eigenvalue weighted by Gasteiger charge is 2.15. The molecule has 0 saturated carbocycles. The van der Waals surface area contributed by atoms with E-state index in [9.17, 15) is 4.79 Å². The van der Waals surface area contributed by atoms with Crippen molar-refractivity contribution in [3.05, 3.63) is 72.1 Å². The molecule has 0 atom stereocenters. The van der Waals surface area contributed by atoms with Gasteiger partial charge in [-0.05, 0) is 50.1 Å². The second-order valence-electron chi connectivity index (χ2n) is 7.05. The van der Waals surface area contributed by atoms with Crippen molar-refractivity contribution in [3.63, 3.8) is 0 Å². The van der Waals surface area contributed by atoms with E-state index >= 15 is 0 Å². The molecule has 7 nitrogen and oxygen atoms in total. The third-order valence-corrected chi connectivity index (χ3v) is 5.78. The minimum atomic E-state index is -0.150. The van der Waals surface area contributed by atoms with Crippen molar-refractivity contribution in [2.75, 3.05) is 17.7 Å². The third-order valence-electron chi connectivity index (χ3n) is 4.81. The molecule has 1 heterocycles. The summed E-state index contributed by atoms with van der Waals surface area (Å²) in [7, 11) is 0. The fraction of sp³-hybridized carbons (Fsp3) is 0.292. The molecule has 1 amide bonds. The molecule has 1 N–H and O–H groups in total. The van der Waals surface area contributed by atoms with Crippen LogP contribution in [0, 0.1) is 13.8 Å². The van der Waals surface area contributed by atoms with Gasteiger partial charge in [0.15, 0.2) is 11.0 Å². The first-order chi connectivity index (χ1) is 15.5. The lowest BCUT2D eigenvalue weighted by atomic mass is 10.1. The summed E-state index contributed by atoms with van der Waals surface area (Å²) in [5, 5.41) is 12.1. The van der Waals surface area contributed by atoms with E-state index in [-0.39, 0.29) is 18.3 Å². The van der Waals surface area contributed by atoms with Gasteiger partial charge in [0.2, 0.25) is 5.91 Å². The number of amides is 1. The van der Waals surface area contributed by atoms with E-state index in [2.05, 4.69) is 35.1 Å². The van der Waals surface area contributed by atoms with E-state index in [0.29, 0.717) is 35.6 Å². The van der Waals surface area contributed by atoms with Crippen LogP contribution in [0.25, 0.3) is 0 Å². The number of aromatic nitrogens is 3. The van der Waals surface area contributed by atoms with Crippen LogP contribution in [-0.4, -0.2) is 33.0 Å². The number of nitrogens with one attached hydrogen (secondary N) is 1. The Labute approximate surface area is 192 Å². The van der Waals surface area contributed by atoms with E-state index in [0.717, 1.165) is 11.3 Å². The van der Waals surface area contributed by atoms with Crippen molar-refractivity contribution < 1.29 is 14.3 Å². The Morgan fingerprint density at radius 1 is 1.12 bits per heavy atom. The number of anilines is 1. The molecular weight excluding hydrogens is 424 g/mol. The molecule has 3 aromatic rings. The van der Waals surface area contributed by atoms with Crippen LogP contribution in [0.4, 0.5) is 5.69 Å². The topological polar surface area (TPSA) is 78.3 Å². The lowest BCUT2D eigenvalue weighted by Gasteiger charge is -2.12. The Balaban J connectivity index is 1.64. The van der Waals surface area contributed by atoms with E-state index in [1.807, 2.05) is 54.8 Å². The summed E-state index contributed by atoms with van der Waals surface area (Å²) < 4.78 is 13.5. The zero-order valence-electron chi connectivity index (χ0n) is 18.6. The lowest BCUT2D eigenvalue weighted by molar-refractivity contribution is -0.113. The normalized spacial score (nSPS) is 10.6. The molecule has 0 bridgehead atoms. The molecule has 0 spiro atoms. The van der Waals surface area contributed by atoms with Crippen LogP contribution < -0.4 is 14.8 Å². The SMILES string of the molecule is C=CCn1c(COc2cccc(C)c2C)nnc1SCC(=O)Nc1ccccc1OCC. The van der Waals surface area contributed by atoms with Gasteiger partial charge in [-0.1, -0.05) is 42.1 Å². The van der Waals surface area contributed by atoms with Gasteiger partial charge >= 0.3 is 0 Å². The highest BCUT2D eigenvalue weighted by Crippen LogP contribution is 2.25. The smallest absolute Gasteiger partial charge is 0.234 e. The maximum Gasteiger partial charge on any atom is 0.234 e. The quantitative estimate of drug-likeness (QED) is 0.333. The molecule has 168 valence electrons. The van der Waals surface area contributed by atoms with E-state index in [4.69, 9.17) is 9.47 Å². The molecule has 0 aliphatic rings. The van der Waals surface area contributed by atoms with Gasteiger partial charge in [-0.2, -0.15) is 0 Å². The van der Waals surface area contributed by atoms with Crippen molar-refractivity contribution >= 4 is 23.4 Å². The molecule has 0 fully saturated rings.